The minimum absolute atomic E-state index is 0.0424. The molecule has 1 aliphatic heterocycles. The number of nitrogens with one attached hydrogen (secondary N) is 1. The van der Waals surface area contributed by atoms with Crippen LogP contribution in [0.2, 0.25) is 0 Å². The summed E-state index contributed by atoms with van der Waals surface area (Å²) in [7, 11) is 4.94. The van der Waals surface area contributed by atoms with Crippen molar-refractivity contribution in [1.29, 1.82) is 0 Å². The summed E-state index contributed by atoms with van der Waals surface area (Å²) in [5, 5.41) is 2.77. The van der Waals surface area contributed by atoms with Crippen LogP contribution < -0.4 is 10.1 Å². The third kappa shape index (κ3) is 6.92. The monoisotopic (exact) mass is 435 g/mol. The van der Waals surface area contributed by atoms with E-state index in [1.807, 2.05) is 0 Å². The highest BCUT2D eigenvalue weighted by molar-refractivity contribution is 5.98. The molecule has 3 atom stereocenters. The molecule has 2 rings (SSSR count). The van der Waals surface area contributed by atoms with Gasteiger partial charge in [-0.25, -0.2) is 0 Å². The predicted molar refractivity (Wildman–Crippen MR) is 121 cm³/mol. The van der Waals surface area contributed by atoms with E-state index in [-0.39, 0.29) is 36.5 Å². The summed E-state index contributed by atoms with van der Waals surface area (Å²) in [6.45, 7) is 9.16. The highest BCUT2D eigenvalue weighted by Crippen LogP contribution is 2.27. The molecule has 8 heteroatoms. The second-order valence-corrected chi connectivity index (χ2v) is 8.28. The lowest BCUT2D eigenvalue weighted by molar-refractivity contribution is -0.119. The van der Waals surface area contributed by atoms with Gasteiger partial charge in [0, 0.05) is 52.2 Å². The van der Waals surface area contributed by atoms with Crippen molar-refractivity contribution in [3.8, 4) is 5.75 Å². The number of amides is 2. The summed E-state index contributed by atoms with van der Waals surface area (Å²) in [4.78, 5) is 29.2. The Balaban J connectivity index is 2.38. The molecule has 1 aliphatic rings. The molecule has 1 aromatic rings. The van der Waals surface area contributed by atoms with Crippen LogP contribution in [-0.4, -0.2) is 87.9 Å². The highest BCUT2D eigenvalue weighted by Gasteiger charge is 2.28. The van der Waals surface area contributed by atoms with Gasteiger partial charge in [-0.15, -0.1) is 0 Å². The van der Waals surface area contributed by atoms with Crippen LogP contribution in [0.25, 0.3) is 0 Å². The third-order valence-electron chi connectivity index (χ3n) is 5.65. The van der Waals surface area contributed by atoms with E-state index in [1.165, 1.54) is 7.11 Å². The Hall–Kier alpha value is -2.16. The van der Waals surface area contributed by atoms with E-state index in [0.717, 1.165) is 19.5 Å². The topological polar surface area (TPSA) is 80.3 Å². The number of nitrogens with zero attached hydrogens (tertiary/aromatic N) is 2. The van der Waals surface area contributed by atoms with E-state index in [2.05, 4.69) is 31.0 Å². The molecule has 174 valence electrons. The van der Waals surface area contributed by atoms with Gasteiger partial charge in [0.05, 0.1) is 11.7 Å². The van der Waals surface area contributed by atoms with Crippen LogP contribution in [-0.2, 0) is 14.3 Å². The minimum atomic E-state index is -0.265. The first-order chi connectivity index (χ1) is 14.8. The molecule has 0 fully saturated rings. The van der Waals surface area contributed by atoms with Crippen LogP contribution >= 0.6 is 0 Å². The van der Waals surface area contributed by atoms with Crippen LogP contribution in [0.1, 0.15) is 37.6 Å². The van der Waals surface area contributed by atoms with E-state index in [4.69, 9.17) is 14.2 Å². The van der Waals surface area contributed by atoms with Gasteiger partial charge in [-0.1, -0.05) is 13.8 Å². The quantitative estimate of drug-likeness (QED) is 0.740. The van der Waals surface area contributed by atoms with E-state index in [0.29, 0.717) is 30.2 Å². The van der Waals surface area contributed by atoms with Crippen molar-refractivity contribution in [2.75, 3.05) is 59.4 Å². The lowest BCUT2D eigenvalue weighted by Gasteiger charge is -2.35. The van der Waals surface area contributed by atoms with Crippen molar-refractivity contribution in [3.63, 3.8) is 0 Å². The Bertz CT molecular complexity index is 742. The fourth-order valence-electron chi connectivity index (χ4n) is 3.85. The molecule has 0 spiro atoms. The van der Waals surface area contributed by atoms with Crippen molar-refractivity contribution in [1.82, 2.24) is 9.80 Å². The molecule has 0 bridgehead atoms. The van der Waals surface area contributed by atoms with Crippen LogP contribution in [0.5, 0.6) is 5.75 Å². The van der Waals surface area contributed by atoms with E-state index < -0.39 is 0 Å². The fourth-order valence-corrected chi connectivity index (χ4v) is 3.85. The Morgan fingerprint density at radius 3 is 2.65 bits per heavy atom. The first-order valence-corrected chi connectivity index (χ1v) is 10.9. The second-order valence-electron chi connectivity index (χ2n) is 8.28. The molecular weight excluding hydrogens is 398 g/mol. The second kappa shape index (κ2) is 12.0. The van der Waals surface area contributed by atoms with Gasteiger partial charge in [0.1, 0.15) is 19.0 Å². The first-order valence-electron chi connectivity index (χ1n) is 10.9. The van der Waals surface area contributed by atoms with Crippen LogP contribution in [0.4, 0.5) is 5.69 Å². The molecular formula is C23H37N3O5. The zero-order valence-electron chi connectivity index (χ0n) is 19.6. The molecule has 0 aliphatic carbocycles. The summed E-state index contributed by atoms with van der Waals surface area (Å²) >= 11 is 0. The zero-order valence-corrected chi connectivity index (χ0v) is 19.6. The number of likely N-dealkylation sites (N-methyl/N-ethyl adjacent to an activating group) is 1. The number of methoxy groups -OCH3 is 2. The van der Waals surface area contributed by atoms with Crippen molar-refractivity contribution < 1.29 is 23.8 Å². The normalized spacial score (nSPS) is 23.4. The van der Waals surface area contributed by atoms with Crippen LogP contribution in [0.3, 0.4) is 0 Å². The number of benzene rings is 1. The number of hydrogen-bond donors (Lipinski definition) is 1. The van der Waals surface area contributed by atoms with Gasteiger partial charge in [0.2, 0.25) is 5.91 Å². The van der Waals surface area contributed by atoms with Crippen molar-refractivity contribution in [2.24, 2.45) is 5.92 Å². The summed E-state index contributed by atoms with van der Waals surface area (Å²) < 4.78 is 16.8. The molecule has 1 N–H and O–H groups in total. The Kier molecular flexibility index (Phi) is 9.74. The first kappa shape index (κ1) is 25.1. The number of ether oxygens (including phenoxy) is 3. The summed E-state index contributed by atoms with van der Waals surface area (Å²) in [6, 6.07) is 5.26. The number of carbonyl (C=O) groups excluding carboxylic acids is 2. The molecule has 0 saturated heterocycles. The lowest BCUT2D eigenvalue weighted by Crippen LogP contribution is -2.46. The molecule has 0 radical (unpaired) electrons. The van der Waals surface area contributed by atoms with Gasteiger partial charge in [-0.3, -0.25) is 14.5 Å². The zero-order chi connectivity index (χ0) is 23.0. The third-order valence-corrected chi connectivity index (χ3v) is 5.65. The van der Waals surface area contributed by atoms with Crippen LogP contribution in [0, 0.1) is 5.92 Å². The van der Waals surface area contributed by atoms with Gasteiger partial charge in [-0.05, 0) is 37.9 Å². The minimum Gasteiger partial charge on any atom is -0.491 e. The van der Waals surface area contributed by atoms with Crippen LogP contribution in [0.15, 0.2) is 18.2 Å². The molecule has 31 heavy (non-hydrogen) atoms. The highest BCUT2D eigenvalue weighted by atomic mass is 16.5. The molecule has 8 nitrogen and oxygen atoms in total. The van der Waals surface area contributed by atoms with Crippen molar-refractivity contribution in [2.45, 2.75) is 39.3 Å². The number of carbonyl (C=O) groups is 2. The van der Waals surface area contributed by atoms with E-state index in [9.17, 15) is 9.59 Å². The van der Waals surface area contributed by atoms with Gasteiger partial charge < -0.3 is 24.4 Å². The number of rotatable bonds is 6. The van der Waals surface area contributed by atoms with Gasteiger partial charge in [-0.2, -0.15) is 0 Å². The number of fused-ring (bicyclic) bond motifs is 1. The molecule has 0 saturated carbocycles. The van der Waals surface area contributed by atoms with E-state index >= 15 is 0 Å². The lowest BCUT2D eigenvalue weighted by atomic mass is 10.0. The average Bonchev–Trinajstić information content (AvgIpc) is 2.74. The molecule has 0 aromatic heterocycles. The Morgan fingerprint density at radius 1 is 1.26 bits per heavy atom. The number of anilines is 1. The summed E-state index contributed by atoms with van der Waals surface area (Å²) in [5.41, 5.74) is 1.02. The molecule has 0 unspecified atom stereocenters. The summed E-state index contributed by atoms with van der Waals surface area (Å²) in [6.07, 6.45) is 0.969. The molecule has 2 amide bonds. The van der Waals surface area contributed by atoms with E-state index in [1.54, 1.807) is 37.3 Å². The average molecular weight is 436 g/mol. The maximum Gasteiger partial charge on any atom is 0.257 e. The largest absolute Gasteiger partial charge is 0.491 e. The van der Waals surface area contributed by atoms with Gasteiger partial charge in [0.25, 0.3) is 5.91 Å². The van der Waals surface area contributed by atoms with Gasteiger partial charge in [0.15, 0.2) is 0 Å². The van der Waals surface area contributed by atoms with Gasteiger partial charge >= 0.3 is 0 Å². The molecule has 1 aromatic carbocycles. The SMILES string of the molecule is CCCN1C[C@H](C)[C@@H](OC)CN(C)C(=O)c2ccc(NC(=O)COC)cc2OC[C@@H]1C. The maximum absolute atomic E-state index is 13.2. The van der Waals surface area contributed by atoms with Crippen molar-refractivity contribution >= 4 is 17.5 Å². The summed E-state index contributed by atoms with van der Waals surface area (Å²) in [5.74, 6) is 0.306. The van der Waals surface area contributed by atoms with Crippen molar-refractivity contribution in [3.05, 3.63) is 23.8 Å². The smallest absolute Gasteiger partial charge is 0.257 e. The Morgan fingerprint density at radius 2 is 2.00 bits per heavy atom. The Labute approximate surface area is 185 Å². The molecule has 1 heterocycles. The predicted octanol–water partition coefficient (Wildman–Crippen LogP) is 2.49. The number of hydrogen-bond acceptors (Lipinski definition) is 6. The fraction of sp³-hybridized carbons (Fsp3) is 0.652. The maximum atomic E-state index is 13.2. The standard InChI is InChI=1S/C23H37N3O5/c1-7-10-26-12-16(2)21(30-6)13-25(4)23(28)19-9-8-18(24-22(27)15-29-5)11-20(19)31-14-17(26)3/h8-9,11,16-17,21H,7,10,12-15H2,1-6H3,(H,24,27)/t16-,17-,21-/m0/s1.